The minimum absolute atomic E-state index is 0.00841. The van der Waals surface area contributed by atoms with Crippen molar-refractivity contribution in [1.82, 2.24) is 10.2 Å². The molecule has 0 aliphatic heterocycles. The van der Waals surface area contributed by atoms with Crippen LogP contribution in [-0.4, -0.2) is 18.6 Å². The minimum Gasteiger partial charge on any atom is -0.279 e. The maximum atomic E-state index is 12.5. The number of nitrogens with one attached hydrogen (secondary N) is 2. The number of halogens is 1. The number of anilines is 1. The fourth-order valence-corrected chi connectivity index (χ4v) is 3.67. The van der Waals surface area contributed by atoms with E-state index in [2.05, 4.69) is 14.9 Å². The molecule has 3 aromatic rings. The molecule has 0 aliphatic rings. The average Bonchev–Trinajstić information content (AvgIpc) is 2.96. The van der Waals surface area contributed by atoms with Crippen molar-refractivity contribution in [3.63, 3.8) is 0 Å². The summed E-state index contributed by atoms with van der Waals surface area (Å²) in [6.45, 7) is 0. The molecule has 1 aromatic heterocycles. The predicted octanol–water partition coefficient (Wildman–Crippen LogP) is 2.89. The first-order valence-corrected chi connectivity index (χ1v) is 8.02. The van der Waals surface area contributed by atoms with Crippen LogP contribution in [0.2, 0.25) is 5.02 Å². The molecule has 0 saturated carbocycles. The maximum absolute atomic E-state index is 12.5. The molecule has 110 valence electrons. The second-order valence-electron chi connectivity index (χ2n) is 4.50. The molecular formula is C14H9ClN4O2S. The molecule has 0 atom stereocenters. The van der Waals surface area contributed by atoms with E-state index in [0.717, 1.165) is 0 Å². The van der Waals surface area contributed by atoms with Crippen molar-refractivity contribution in [3.8, 4) is 6.07 Å². The van der Waals surface area contributed by atoms with Gasteiger partial charge in [0.25, 0.3) is 10.0 Å². The number of H-pyrrole nitrogens is 1. The van der Waals surface area contributed by atoms with Gasteiger partial charge < -0.3 is 0 Å². The number of nitrogens with zero attached hydrogens (tertiary/aromatic N) is 2. The van der Waals surface area contributed by atoms with E-state index in [1.807, 2.05) is 6.07 Å². The van der Waals surface area contributed by atoms with Crippen molar-refractivity contribution >= 4 is 38.2 Å². The van der Waals surface area contributed by atoms with Gasteiger partial charge in [0.15, 0.2) is 0 Å². The molecule has 22 heavy (non-hydrogen) atoms. The summed E-state index contributed by atoms with van der Waals surface area (Å²) >= 11 is 5.97. The molecule has 0 bridgehead atoms. The lowest BCUT2D eigenvalue weighted by Gasteiger charge is -2.10. The molecule has 2 N–H and O–H groups in total. The second-order valence-corrected chi connectivity index (χ2v) is 6.56. The van der Waals surface area contributed by atoms with Gasteiger partial charge in [0.1, 0.15) is 4.90 Å². The van der Waals surface area contributed by atoms with E-state index < -0.39 is 10.0 Å². The molecule has 0 radical (unpaired) electrons. The number of fused-ring (bicyclic) bond motifs is 1. The molecule has 0 saturated heterocycles. The van der Waals surface area contributed by atoms with Gasteiger partial charge in [-0.05, 0) is 30.3 Å². The lowest BCUT2D eigenvalue weighted by molar-refractivity contribution is 0.601. The highest BCUT2D eigenvalue weighted by molar-refractivity contribution is 7.92. The van der Waals surface area contributed by atoms with Crippen LogP contribution in [0.15, 0.2) is 47.5 Å². The summed E-state index contributed by atoms with van der Waals surface area (Å²) in [5.41, 5.74) is 1.40. The minimum atomic E-state index is -3.87. The third kappa shape index (κ3) is 2.50. The van der Waals surface area contributed by atoms with Crippen molar-refractivity contribution in [2.75, 3.05) is 4.72 Å². The Morgan fingerprint density at radius 2 is 2.09 bits per heavy atom. The van der Waals surface area contributed by atoms with Crippen LogP contribution in [0.3, 0.4) is 0 Å². The van der Waals surface area contributed by atoms with Crippen LogP contribution < -0.4 is 4.72 Å². The summed E-state index contributed by atoms with van der Waals surface area (Å²) in [5, 5.41) is 16.1. The highest BCUT2D eigenvalue weighted by atomic mass is 35.5. The molecule has 0 fully saturated rings. The first-order chi connectivity index (χ1) is 10.5. The number of rotatable bonds is 3. The van der Waals surface area contributed by atoms with Gasteiger partial charge in [-0.15, -0.1) is 0 Å². The van der Waals surface area contributed by atoms with E-state index in [4.69, 9.17) is 16.9 Å². The van der Waals surface area contributed by atoms with Crippen molar-refractivity contribution < 1.29 is 8.42 Å². The number of aromatic amines is 1. The number of hydrogen-bond donors (Lipinski definition) is 2. The highest BCUT2D eigenvalue weighted by Gasteiger charge is 2.19. The molecule has 0 amide bonds. The van der Waals surface area contributed by atoms with Crippen LogP contribution in [0, 0.1) is 11.3 Å². The number of aromatic nitrogens is 2. The molecule has 0 spiro atoms. The van der Waals surface area contributed by atoms with Crippen LogP contribution >= 0.6 is 11.6 Å². The van der Waals surface area contributed by atoms with Crippen molar-refractivity contribution in [3.05, 3.63) is 53.2 Å². The third-order valence-corrected chi connectivity index (χ3v) is 4.93. The molecule has 6 nitrogen and oxygen atoms in total. The lowest BCUT2D eigenvalue weighted by Crippen LogP contribution is -2.13. The topological polar surface area (TPSA) is 98.6 Å². The van der Waals surface area contributed by atoms with Gasteiger partial charge in [0.2, 0.25) is 0 Å². The summed E-state index contributed by atoms with van der Waals surface area (Å²) < 4.78 is 27.4. The SMILES string of the molecule is N#Cc1ccc(S(=O)(=O)Nc2cccc3[nH]ncc23)c(Cl)c1. The van der Waals surface area contributed by atoms with Crippen LogP contribution in [0.25, 0.3) is 10.9 Å². The zero-order chi connectivity index (χ0) is 15.7. The van der Waals surface area contributed by atoms with Crippen LogP contribution in [0.1, 0.15) is 5.56 Å². The van der Waals surface area contributed by atoms with E-state index in [9.17, 15) is 8.42 Å². The fourth-order valence-electron chi connectivity index (χ4n) is 2.05. The first kappa shape index (κ1) is 14.4. The smallest absolute Gasteiger partial charge is 0.263 e. The summed E-state index contributed by atoms with van der Waals surface area (Å²) in [7, 11) is -3.87. The van der Waals surface area contributed by atoms with Gasteiger partial charge in [-0.25, -0.2) is 8.42 Å². The predicted molar refractivity (Wildman–Crippen MR) is 83.1 cm³/mol. The molecule has 0 unspecified atom stereocenters. The molecule has 1 heterocycles. The normalized spacial score (nSPS) is 11.3. The van der Waals surface area contributed by atoms with Gasteiger partial charge in [0.05, 0.1) is 34.1 Å². The summed E-state index contributed by atoms with van der Waals surface area (Å²) in [5.74, 6) is 0. The van der Waals surface area contributed by atoms with Crippen molar-refractivity contribution in [2.45, 2.75) is 4.90 Å². The number of sulfonamides is 1. The Hall–Kier alpha value is -2.56. The molecule has 0 aliphatic carbocycles. The molecule has 8 heteroatoms. The van der Waals surface area contributed by atoms with Gasteiger partial charge in [-0.3, -0.25) is 9.82 Å². The summed E-state index contributed by atoms with van der Waals surface area (Å²) in [6, 6.07) is 11.1. The fraction of sp³-hybridized carbons (Fsp3) is 0. The lowest BCUT2D eigenvalue weighted by atomic mass is 10.2. The Morgan fingerprint density at radius 1 is 1.27 bits per heavy atom. The molecule has 3 rings (SSSR count). The quantitative estimate of drug-likeness (QED) is 0.770. The van der Waals surface area contributed by atoms with Crippen molar-refractivity contribution in [1.29, 1.82) is 5.26 Å². The Labute approximate surface area is 131 Å². The molecular weight excluding hydrogens is 324 g/mol. The maximum Gasteiger partial charge on any atom is 0.263 e. The summed E-state index contributed by atoms with van der Waals surface area (Å²) in [4.78, 5) is -0.0892. The largest absolute Gasteiger partial charge is 0.279 e. The zero-order valence-corrected chi connectivity index (χ0v) is 12.6. The van der Waals surface area contributed by atoms with E-state index in [0.29, 0.717) is 22.2 Å². The number of hydrogen-bond acceptors (Lipinski definition) is 4. The third-order valence-electron chi connectivity index (χ3n) is 3.08. The van der Waals surface area contributed by atoms with Crippen LogP contribution in [-0.2, 0) is 10.0 Å². The zero-order valence-electron chi connectivity index (χ0n) is 11.0. The van der Waals surface area contributed by atoms with E-state index in [1.54, 1.807) is 18.2 Å². The van der Waals surface area contributed by atoms with Gasteiger partial charge >= 0.3 is 0 Å². The van der Waals surface area contributed by atoms with Gasteiger partial charge in [-0.1, -0.05) is 17.7 Å². The van der Waals surface area contributed by atoms with Crippen LogP contribution in [0.5, 0.6) is 0 Å². The summed E-state index contributed by atoms with van der Waals surface area (Å²) in [6.07, 6.45) is 1.54. The van der Waals surface area contributed by atoms with E-state index in [-0.39, 0.29) is 9.92 Å². The van der Waals surface area contributed by atoms with E-state index >= 15 is 0 Å². The van der Waals surface area contributed by atoms with Crippen LogP contribution in [0.4, 0.5) is 5.69 Å². The monoisotopic (exact) mass is 332 g/mol. The van der Waals surface area contributed by atoms with Crippen molar-refractivity contribution in [2.24, 2.45) is 0 Å². The van der Waals surface area contributed by atoms with E-state index in [1.165, 1.54) is 24.4 Å². The second kappa shape index (κ2) is 5.33. The first-order valence-electron chi connectivity index (χ1n) is 6.16. The Bertz CT molecular complexity index is 1010. The Kier molecular flexibility index (Phi) is 3.48. The molecule has 2 aromatic carbocycles. The number of nitriles is 1. The Morgan fingerprint density at radius 3 is 2.82 bits per heavy atom. The highest BCUT2D eigenvalue weighted by Crippen LogP contribution is 2.27. The van der Waals surface area contributed by atoms with Gasteiger partial charge in [-0.2, -0.15) is 10.4 Å². The average molecular weight is 333 g/mol. The standard InChI is InChI=1S/C14H9ClN4O2S/c15-11-6-9(7-16)4-5-14(11)22(20,21)19-13-3-1-2-12-10(13)8-17-18-12/h1-6,8,19H,(H,17,18). The Balaban J connectivity index is 2.04. The van der Waals surface area contributed by atoms with Gasteiger partial charge in [0, 0.05) is 5.39 Å². The number of benzene rings is 2.